The molecule has 1 aliphatic rings. The van der Waals surface area contributed by atoms with Crippen LogP contribution < -0.4 is 5.32 Å². The number of hydrogen-bond acceptors (Lipinski definition) is 4. The zero-order valence-corrected chi connectivity index (χ0v) is 13.9. The summed E-state index contributed by atoms with van der Waals surface area (Å²) < 4.78 is 62.8. The summed E-state index contributed by atoms with van der Waals surface area (Å²) in [6.45, 7) is -1.38. The molecule has 0 heterocycles. The second-order valence-corrected chi connectivity index (χ2v) is 7.47. The average Bonchev–Trinajstić information content (AvgIpc) is 3.37. The molecule has 0 saturated heterocycles. The lowest BCUT2D eigenvalue weighted by molar-refractivity contribution is -0.123. The highest BCUT2D eigenvalue weighted by Crippen LogP contribution is 2.32. The van der Waals surface area contributed by atoms with Crippen LogP contribution in [-0.4, -0.2) is 43.9 Å². The molecule has 0 spiro atoms. The smallest absolute Gasteiger partial charge is 0.343 e. The fraction of sp³-hybridized carbons (Fsp3) is 0.467. The molecular weight excluding hydrogens is 359 g/mol. The number of nitrogens with one attached hydrogen (secondary N) is 1. The van der Waals surface area contributed by atoms with E-state index in [4.69, 9.17) is 5.26 Å². The van der Waals surface area contributed by atoms with Gasteiger partial charge in [0, 0.05) is 24.6 Å². The van der Waals surface area contributed by atoms with Crippen molar-refractivity contribution in [3.8, 4) is 6.07 Å². The van der Waals surface area contributed by atoms with E-state index in [1.807, 2.05) is 6.07 Å². The van der Waals surface area contributed by atoms with E-state index in [0.717, 1.165) is 25.0 Å². The van der Waals surface area contributed by atoms with E-state index in [9.17, 15) is 26.4 Å². The lowest BCUT2D eigenvalue weighted by Crippen LogP contribution is -2.34. The van der Waals surface area contributed by atoms with Crippen molar-refractivity contribution < 1.29 is 26.4 Å². The number of hydrogen-bond donors (Lipinski definition) is 1. The van der Waals surface area contributed by atoms with Crippen LogP contribution in [-0.2, 0) is 10.0 Å². The Kier molecular flexibility index (Phi) is 5.69. The predicted octanol–water partition coefficient (Wildman–Crippen LogP) is 2.05. The highest BCUT2D eigenvalue weighted by Gasteiger charge is 2.37. The second-order valence-electron chi connectivity index (χ2n) is 5.58. The summed E-state index contributed by atoms with van der Waals surface area (Å²) >= 11 is 0. The summed E-state index contributed by atoms with van der Waals surface area (Å²) in [6.07, 6.45) is -3.01. The Morgan fingerprint density at radius 3 is 2.36 bits per heavy atom. The minimum Gasteiger partial charge on any atom is -0.343 e. The molecule has 1 N–H and O–H groups in total. The first kappa shape index (κ1) is 19.2. The van der Waals surface area contributed by atoms with Gasteiger partial charge in [0.25, 0.3) is 5.91 Å². The number of nitriles is 1. The van der Waals surface area contributed by atoms with E-state index in [0.29, 0.717) is 0 Å². The Morgan fingerprint density at radius 2 is 1.88 bits per heavy atom. The summed E-state index contributed by atoms with van der Waals surface area (Å²) in [7, 11) is -3.82. The van der Waals surface area contributed by atoms with Crippen molar-refractivity contribution in [3.05, 3.63) is 29.8 Å². The van der Waals surface area contributed by atoms with Crippen molar-refractivity contribution in [2.45, 2.75) is 36.4 Å². The first-order valence-corrected chi connectivity index (χ1v) is 8.93. The highest BCUT2D eigenvalue weighted by atomic mass is 32.2. The van der Waals surface area contributed by atoms with Crippen LogP contribution in [0, 0.1) is 11.3 Å². The van der Waals surface area contributed by atoms with Crippen LogP contribution >= 0.6 is 0 Å². The van der Waals surface area contributed by atoms with Crippen LogP contribution in [0.25, 0.3) is 0 Å². The number of alkyl halides is 3. The second kappa shape index (κ2) is 7.41. The van der Waals surface area contributed by atoms with Gasteiger partial charge in [0.15, 0.2) is 0 Å². The van der Waals surface area contributed by atoms with Crippen LogP contribution in [0.2, 0.25) is 0 Å². The SMILES string of the molecule is N#CCCN(C1CC1)S(=O)(=O)c1ccc(C(=O)NCC(F)(F)F)cc1. The molecule has 25 heavy (non-hydrogen) atoms. The Bertz CT molecular complexity index is 766. The predicted molar refractivity (Wildman–Crippen MR) is 82.0 cm³/mol. The summed E-state index contributed by atoms with van der Waals surface area (Å²) in [6, 6.07) is 6.45. The molecule has 0 aliphatic heterocycles. The molecule has 1 saturated carbocycles. The van der Waals surface area contributed by atoms with Crippen LogP contribution in [0.15, 0.2) is 29.2 Å². The fourth-order valence-electron chi connectivity index (χ4n) is 2.22. The van der Waals surface area contributed by atoms with Gasteiger partial charge in [-0.05, 0) is 37.1 Å². The zero-order chi connectivity index (χ0) is 18.7. The van der Waals surface area contributed by atoms with Crippen molar-refractivity contribution in [2.24, 2.45) is 0 Å². The molecule has 0 aromatic heterocycles. The number of amides is 1. The van der Waals surface area contributed by atoms with Gasteiger partial charge in [-0.3, -0.25) is 4.79 Å². The third-order valence-electron chi connectivity index (χ3n) is 3.57. The lowest BCUT2D eigenvalue weighted by Gasteiger charge is -2.20. The monoisotopic (exact) mass is 375 g/mol. The average molecular weight is 375 g/mol. The van der Waals surface area contributed by atoms with Crippen molar-refractivity contribution in [3.63, 3.8) is 0 Å². The summed E-state index contributed by atoms with van der Waals surface area (Å²) in [4.78, 5) is 11.6. The molecule has 1 amide bonds. The normalized spacial score (nSPS) is 15.0. The molecule has 0 bridgehead atoms. The number of carbonyl (C=O) groups is 1. The highest BCUT2D eigenvalue weighted by molar-refractivity contribution is 7.89. The van der Waals surface area contributed by atoms with Crippen molar-refractivity contribution in [1.29, 1.82) is 5.26 Å². The van der Waals surface area contributed by atoms with E-state index in [2.05, 4.69) is 0 Å². The van der Waals surface area contributed by atoms with Gasteiger partial charge in [-0.15, -0.1) is 0 Å². The van der Waals surface area contributed by atoms with E-state index >= 15 is 0 Å². The van der Waals surface area contributed by atoms with Crippen LogP contribution in [0.1, 0.15) is 29.6 Å². The summed E-state index contributed by atoms with van der Waals surface area (Å²) in [5.74, 6) is -0.940. The Balaban J connectivity index is 2.12. The van der Waals surface area contributed by atoms with Gasteiger partial charge in [-0.2, -0.15) is 22.7 Å². The van der Waals surface area contributed by atoms with Crippen LogP contribution in [0.4, 0.5) is 13.2 Å². The van der Waals surface area contributed by atoms with Crippen molar-refractivity contribution in [2.75, 3.05) is 13.1 Å². The first-order valence-electron chi connectivity index (χ1n) is 7.49. The van der Waals surface area contributed by atoms with E-state index in [1.165, 1.54) is 16.4 Å². The Labute approximate surface area is 143 Å². The molecule has 1 fully saturated rings. The molecule has 1 aromatic carbocycles. The number of halogens is 3. The van der Waals surface area contributed by atoms with E-state index in [-0.39, 0.29) is 29.5 Å². The van der Waals surface area contributed by atoms with Gasteiger partial charge in [0.05, 0.1) is 11.0 Å². The number of sulfonamides is 1. The third kappa shape index (κ3) is 5.17. The van der Waals surface area contributed by atoms with Crippen LogP contribution in [0.5, 0.6) is 0 Å². The first-order chi connectivity index (χ1) is 11.6. The van der Waals surface area contributed by atoms with Gasteiger partial charge in [0.1, 0.15) is 6.54 Å². The third-order valence-corrected chi connectivity index (χ3v) is 5.54. The molecular formula is C15H16F3N3O3S. The number of nitrogens with zero attached hydrogens (tertiary/aromatic N) is 2. The molecule has 1 aliphatic carbocycles. The fourth-order valence-corrected chi connectivity index (χ4v) is 3.90. The number of carbonyl (C=O) groups excluding carboxylic acids is 1. The lowest BCUT2D eigenvalue weighted by atomic mass is 10.2. The quantitative estimate of drug-likeness (QED) is 0.790. The molecule has 136 valence electrons. The minimum absolute atomic E-state index is 0.0632. The summed E-state index contributed by atoms with van der Waals surface area (Å²) in [5.41, 5.74) is -0.0711. The molecule has 0 radical (unpaired) electrons. The van der Waals surface area contributed by atoms with Gasteiger partial charge >= 0.3 is 6.18 Å². The van der Waals surface area contributed by atoms with Gasteiger partial charge in [-0.25, -0.2) is 8.42 Å². The standard InChI is InChI=1S/C15H16F3N3O3S/c16-15(17,18)10-20-14(22)11-2-6-13(7-3-11)25(23,24)21(9-1-8-19)12-4-5-12/h2-3,6-7,12H,1,4-5,9-10H2,(H,20,22). The molecule has 6 nitrogen and oxygen atoms in total. The molecule has 0 unspecified atom stereocenters. The van der Waals surface area contributed by atoms with Crippen LogP contribution in [0.3, 0.4) is 0 Å². The van der Waals surface area contributed by atoms with Gasteiger partial charge in [-0.1, -0.05) is 0 Å². The van der Waals surface area contributed by atoms with E-state index in [1.54, 1.807) is 5.32 Å². The number of rotatable bonds is 7. The minimum atomic E-state index is -4.52. The van der Waals surface area contributed by atoms with Crippen molar-refractivity contribution in [1.82, 2.24) is 9.62 Å². The van der Waals surface area contributed by atoms with Gasteiger partial charge in [0.2, 0.25) is 10.0 Å². The summed E-state index contributed by atoms with van der Waals surface area (Å²) in [5, 5.41) is 10.4. The topological polar surface area (TPSA) is 90.3 Å². The van der Waals surface area contributed by atoms with E-state index < -0.39 is 28.7 Å². The molecule has 10 heteroatoms. The maximum absolute atomic E-state index is 12.6. The number of benzene rings is 1. The molecule has 0 atom stereocenters. The maximum Gasteiger partial charge on any atom is 0.405 e. The molecule has 2 rings (SSSR count). The Hall–Kier alpha value is -2.12. The maximum atomic E-state index is 12.6. The largest absolute Gasteiger partial charge is 0.405 e. The van der Waals surface area contributed by atoms with Gasteiger partial charge < -0.3 is 5.32 Å². The molecule has 1 aromatic rings. The van der Waals surface area contributed by atoms with Crippen molar-refractivity contribution >= 4 is 15.9 Å². The zero-order valence-electron chi connectivity index (χ0n) is 13.1. The Morgan fingerprint density at radius 1 is 1.28 bits per heavy atom.